The Labute approximate surface area is 83.1 Å². The molecule has 0 aromatic rings. The van der Waals surface area contributed by atoms with Gasteiger partial charge in [0.2, 0.25) is 5.91 Å². The van der Waals surface area contributed by atoms with Crippen LogP contribution in [0.25, 0.3) is 10.4 Å². The van der Waals surface area contributed by atoms with E-state index >= 15 is 0 Å². The van der Waals surface area contributed by atoms with Crippen molar-refractivity contribution in [1.82, 2.24) is 9.80 Å². The molecular formula is C8H15N5O. The van der Waals surface area contributed by atoms with Gasteiger partial charge in [-0.1, -0.05) is 12.0 Å². The number of hydrogen-bond acceptors (Lipinski definition) is 3. The molecule has 0 radical (unpaired) electrons. The molecule has 1 aliphatic rings. The standard InChI is InChI=1S/C8H15N5O/c1-2-12-3-5-13(6-4-12)8(14)7-10-11-9/h2-7H2,1H3. The lowest BCUT2D eigenvalue weighted by Crippen LogP contribution is -2.49. The van der Waals surface area contributed by atoms with Crippen molar-refractivity contribution in [3.05, 3.63) is 10.4 Å². The second-order valence-corrected chi connectivity index (χ2v) is 3.20. The van der Waals surface area contributed by atoms with E-state index in [-0.39, 0.29) is 12.5 Å². The summed E-state index contributed by atoms with van der Waals surface area (Å²) in [6, 6.07) is 0. The van der Waals surface area contributed by atoms with Gasteiger partial charge in [-0.25, -0.2) is 0 Å². The molecule has 0 bridgehead atoms. The van der Waals surface area contributed by atoms with Gasteiger partial charge >= 0.3 is 0 Å². The highest BCUT2D eigenvalue weighted by Crippen LogP contribution is 2.01. The topological polar surface area (TPSA) is 72.3 Å². The van der Waals surface area contributed by atoms with Crippen LogP contribution in [0.2, 0.25) is 0 Å². The van der Waals surface area contributed by atoms with Gasteiger partial charge in [-0.15, -0.1) is 0 Å². The molecule has 0 aliphatic carbocycles. The number of amides is 1. The van der Waals surface area contributed by atoms with E-state index in [4.69, 9.17) is 5.53 Å². The summed E-state index contributed by atoms with van der Waals surface area (Å²) in [5.74, 6) is -0.0708. The van der Waals surface area contributed by atoms with Crippen LogP contribution in [0.15, 0.2) is 5.11 Å². The minimum atomic E-state index is -0.0708. The minimum absolute atomic E-state index is 0.0530. The smallest absolute Gasteiger partial charge is 0.228 e. The molecule has 6 nitrogen and oxygen atoms in total. The van der Waals surface area contributed by atoms with Crippen molar-refractivity contribution < 1.29 is 4.79 Å². The van der Waals surface area contributed by atoms with E-state index in [1.165, 1.54) is 0 Å². The number of carbonyl (C=O) groups excluding carboxylic acids is 1. The van der Waals surface area contributed by atoms with Gasteiger partial charge in [0.15, 0.2) is 0 Å². The number of nitrogens with zero attached hydrogens (tertiary/aromatic N) is 5. The maximum Gasteiger partial charge on any atom is 0.228 e. The van der Waals surface area contributed by atoms with Gasteiger partial charge in [-0.05, 0) is 12.1 Å². The maximum atomic E-state index is 11.4. The Bertz CT molecular complexity index is 240. The van der Waals surface area contributed by atoms with E-state index in [0.717, 1.165) is 32.7 Å². The Kier molecular flexibility index (Phi) is 4.22. The highest BCUT2D eigenvalue weighted by atomic mass is 16.2. The van der Waals surface area contributed by atoms with Crippen molar-refractivity contribution in [3.8, 4) is 0 Å². The molecule has 0 aromatic heterocycles. The Morgan fingerprint density at radius 2 is 2.07 bits per heavy atom. The summed E-state index contributed by atoms with van der Waals surface area (Å²) in [5, 5.41) is 3.26. The minimum Gasteiger partial charge on any atom is -0.340 e. The van der Waals surface area contributed by atoms with Gasteiger partial charge in [-0.2, -0.15) is 0 Å². The molecule has 1 fully saturated rings. The fourth-order valence-electron chi connectivity index (χ4n) is 1.51. The zero-order valence-electron chi connectivity index (χ0n) is 8.39. The summed E-state index contributed by atoms with van der Waals surface area (Å²) in [4.78, 5) is 18.0. The molecule has 0 spiro atoms. The SMILES string of the molecule is CCN1CCN(C(=O)CN=[N+]=[N-])CC1. The number of azide groups is 1. The first-order valence-corrected chi connectivity index (χ1v) is 4.79. The van der Waals surface area contributed by atoms with E-state index in [0.29, 0.717) is 0 Å². The van der Waals surface area contributed by atoms with Crippen molar-refractivity contribution in [2.24, 2.45) is 5.11 Å². The van der Waals surface area contributed by atoms with Crippen LogP contribution in [-0.4, -0.2) is 55.0 Å². The number of rotatable bonds is 3. The van der Waals surface area contributed by atoms with Gasteiger partial charge in [0.25, 0.3) is 0 Å². The number of hydrogen-bond donors (Lipinski definition) is 0. The highest BCUT2D eigenvalue weighted by Gasteiger charge is 2.18. The molecule has 0 atom stereocenters. The third-order valence-corrected chi connectivity index (χ3v) is 2.44. The number of piperazine rings is 1. The predicted octanol–water partition coefficient (Wildman–Crippen LogP) is 0.461. The Hall–Kier alpha value is -1.26. The lowest BCUT2D eigenvalue weighted by molar-refractivity contribution is -0.131. The largest absolute Gasteiger partial charge is 0.340 e. The van der Waals surface area contributed by atoms with Crippen LogP contribution in [0, 0.1) is 0 Å². The molecule has 0 saturated carbocycles. The monoisotopic (exact) mass is 197 g/mol. The van der Waals surface area contributed by atoms with Crippen molar-refractivity contribution in [2.45, 2.75) is 6.92 Å². The van der Waals surface area contributed by atoms with Crippen molar-refractivity contribution in [2.75, 3.05) is 39.3 Å². The molecule has 0 unspecified atom stereocenters. The Balaban J connectivity index is 2.33. The zero-order valence-corrected chi connectivity index (χ0v) is 8.39. The van der Waals surface area contributed by atoms with Crippen LogP contribution in [-0.2, 0) is 4.79 Å². The second-order valence-electron chi connectivity index (χ2n) is 3.20. The fraction of sp³-hybridized carbons (Fsp3) is 0.875. The molecule has 14 heavy (non-hydrogen) atoms. The molecule has 0 N–H and O–H groups in total. The van der Waals surface area contributed by atoms with Crippen LogP contribution in [0.5, 0.6) is 0 Å². The zero-order chi connectivity index (χ0) is 10.4. The van der Waals surface area contributed by atoms with E-state index in [9.17, 15) is 4.79 Å². The normalized spacial score (nSPS) is 17.6. The van der Waals surface area contributed by atoms with Gasteiger partial charge in [-0.3, -0.25) is 4.79 Å². The Morgan fingerprint density at radius 1 is 1.43 bits per heavy atom. The summed E-state index contributed by atoms with van der Waals surface area (Å²) in [5.41, 5.74) is 8.07. The van der Waals surface area contributed by atoms with Crippen molar-refractivity contribution in [1.29, 1.82) is 0 Å². The molecule has 1 heterocycles. The number of carbonyl (C=O) groups is 1. The van der Waals surface area contributed by atoms with Crippen LogP contribution >= 0.6 is 0 Å². The quantitative estimate of drug-likeness (QED) is 0.374. The first-order valence-electron chi connectivity index (χ1n) is 4.79. The van der Waals surface area contributed by atoms with Gasteiger partial charge < -0.3 is 9.80 Å². The Morgan fingerprint density at radius 3 is 2.57 bits per heavy atom. The van der Waals surface area contributed by atoms with Crippen LogP contribution < -0.4 is 0 Å². The van der Waals surface area contributed by atoms with E-state index < -0.39 is 0 Å². The van der Waals surface area contributed by atoms with E-state index in [2.05, 4.69) is 21.8 Å². The molecule has 78 valence electrons. The molecule has 1 rings (SSSR count). The van der Waals surface area contributed by atoms with E-state index in [1.807, 2.05) is 0 Å². The summed E-state index contributed by atoms with van der Waals surface area (Å²) >= 11 is 0. The predicted molar refractivity (Wildman–Crippen MR) is 52.7 cm³/mol. The van der Waals surface area contributed by atoms with Gasteiger partial charge in [0, 0.05) is 31.1 Å². The molecule has 1 aliphatic heterocycles. The fourth-order valence-corrected chi connectivity index (χ4v) is 1.51. The van der Waals surface area contributed by atoms with Crippen LogP contribution in [0.4, 0.5) is 0 Å². The second kappa shape index (κ2) is 5.47. The first-order chi connectivity index (χ1) is 6.77. The summed E-state index contributed by atoms with van der Waals surface area (Å²) in [6.45, 7) is 6.40. The molecule has 1 amide bonds. The average Bonchev–Trinajstić information content (AvgIpc) is 2.26. The number of likely N-dealkylation sites (N-methyl/N-ethyl adjacent to an activating group) is 1. The lowest BCUT2D eigenvalue weighted by atomic mass is 10.3. The third kappa shape index (κ3) is 2.90. The first kappa shape index (κ1) is 10.8. The molecular weight excluding hydrogens is 182 g/mol. The summed E-state index contributed by atoms with van der Waals surface area (Å²) in [6.07, 6.45) is 0. The average molecular weight is 197 g/mol. The van der Waals surface area contributed by atoms with Crippen LogP contribution in [0.3, 0.4) is 0 Å². The molecule has 1 saturated heterocycles. The summed E-state index contributed by atoms with van der Waals surface area (Å²) < 4.78 is 0. The maximum absolute atomic E-state index is 11.4. The molecule has 0 aromatic carbocycles. The van der Waals surface area contributed by atoms with Crippen molar-refractivity contribution >= 4 is 5.91 Å². The van der Waals surface area contributed by atoms with Crippen LogP contribution in [0.1, 0.15) is 6.92 Å². The third-order valence-electron chi connectivity index (χ3n) is 2.44. The summed E-state index contributed by atoms with van der Waals surface area (Å²) in [7, 11) is 0. The molecule has 6 heteroatoms. The lowest BCUT2D eigenvalue weighted by Gasteiger charge is -2.33. The van der Waals surface area contributed by atoms with E-state index in [1.54, 1.807) is 4.90 Å². The van der Waals surface area contributed by atoms with Crippen molar-refractivity contribution in [3.63, 3.8) is 0 Å². The van der Waals surface area contributed by atoms with Gasteiger partial charge in [0.05, 0.1) is 0 Å². The van der Waals surface area contributed by atoms with Gasteiger partial charge in [0.1, 0.15) is 6.54 Å². The highest BCUT2D eigenvalue weighted by molar-refractivity contribution is 5.78.